The molecule has 0 unspecified atom stereocenters. The second-order valence-electron chi connectivity index (χ2n) is 12.3. The molecule has 2 heterocycles. The Morgan fingerprint density at radius 1 is 1.07 bits per heavy atom. The van der Waals surface area contributed by atoms with Gasteiger partial charge in [-0.05, 0) is 62.0 Å². The van der Waals surface area contributed by atoms with E-state index >= 15 is 0 Å². The van der Waals surface area contributed by atoms with Crippen molar-refractivity contribution in [3.05, 3.63) is 83.9 Å². The van der Waals surface area contributed by atoms with E-state index in [1.165, 1.54) is 0 Å². The Morgan fingerprint density at radius 2 is 1.78 bits per heavy atom. The van der Waals surface area contributed by atoms with Gasteiger partial charge >= 0.3 is 0 Å². The van der Waals surface area contributed by atoms with Gasteiger partial charge in [0.25, 0.3) is 5.91 Å². The maximum absolute atomic E-state index is 13.8. The lowest BCUT2D eigenvalue weighted by atomic mass is 9.99. The van der Waals surface area contributed by atoms with E-state index in [0.717, 1.165) is 30.2 Å². The van der Waals surface area contributed by atoms with Crippen molar-refractivity contribution in [1.82, 2.24) is 14.7 Å². The minimum atomic E-state index is -0.373. The number of nitrogens with zero attached hydrogens (tertiary/aromatic N) is 3. The number of likely N-dealkylation sites (N-methyl/N-ethyl adjacent to an activating group) is 1. The van der Waals surface area contributed by atoms with Crippen LogP contribution >= 0.6 is 0 Å². The van der Waals surface area contributed by atoms with E-state index in [1.54, 1.807) is 23.1 Å². The van der Waals surface area contributed by atoms with Crippen LogP contribution in [0, 0.1) is 5.92 Å². The number of para-hydroxylation sites is 1. The van der Waals surface area contributed by atoms with E-state index in [9.17, 15) is 14.7 Å². The van der Waals surface area contributed by atoms with Crippen molar-refractivity contribution in [3.8, 4) is 17.2 Å². The van der Waals surface area contributed by atoms with Crippen LogP contribution in [0.5, 0.6) is 17.2 Å². The van der Waals surface area contributed by atoms with Gasteiger partial charge < -0.3 is 29.5 Å². The minimum Gasteiger partial charge on any atom is -0.488 e. The SMILES string of the molecule is C[C@@H]1CN([C@H](C)CO)C(=O)c2cc(NC(=O)CCN3CCOCC3)ccc2O[C@H]1CN(C)Cc1ccc(Oc2ccccc2)cc1. The highest BCUT2D eigenvalue weighted by Crippen LogP contribution is 2.31. The Balaban J connectivity index is 1.26. The second kappa shape index (κ2) is 16.0. The Bertz CT molecular complexity index is 1430. The third-order valence-corrected chi connectivity index (χ3v) is 8.55. The number of morpholine rings is 1. The molecule has 3 aromatic rings. The Labute approximate surface area is 271 Å². The van der Waals surface area contributed by atoms with Gasteiger partial charge in [0, 0.05) is 57.3 Å². The predicted molar refractivity (Wildman–Crippen MR) is 177 cm³/mol. The molecule has 0 aromatic heterocycles. The number of carbonyl (C=O) groups is 2. The Kier molecular flexibility index (Phi) is 11.7. The van der Waals surface area contributed by atoms with Gasteiger partial charge in [-0.3, -0.25) is 19.4 Å². The summed E-state index contributed by atoms with van der Waals surface area (Å²) in [4.78, 5) is 32.7. The summed E-state index contributed by atoms with van der Waals surface area (Å²) in [5.74, 6) is 1.70. The highest BCUT2D eigenvalue weighted by Gasteiger charge is 2.33. The molecule has 5 rings (SSSR count). The predicted octanol–water partition coefficient (Wildman–Crippen LogP) is 4.49. The summed E-state index contributed by atoms with van der Waals surface area (Å²) in [5.41, 5.74) is 2.06. The number of hydrogen-bond donors (Lipinski definition) is 2. The van der Waals surface area contributed by atoms with E-state index < -0.39 is 0 Å². The summed E-state index contributed by atoms with van der Waals surface area (Å²) >= 11 is 0. The number of ether oxygens (including phenoxy) is 3. The maximum Gasteiger partial charge on any atom is 0.258 e. The molecule has 2 N–H and O–H groups in total. The van der Waals surface area contributed by atoms with Crippen LogP contribution in [-0.2, 0) is 16.1 Å². The average Bonchev–Trinajstić information content (AvgIpc) is 3.07. The van der Waals surface area contributed by atoms with E-state index in [2.05, 4.69) is 41.2 Å². The maximum atomic E-state index is 13.8. The summed E-state index contributed by atoms with van der Waals surface area (Å²) < 4.78 is 17.9. The van der Waals surface area contributed by atoms with Crippen molar-refractivity contribution < 1.29 is 28.9 Å². The van der Waals surface area contributed by atoms with Gasteiger partial charge in [-0.25, -0.2) is 0 Å². The Hall–Kier alpha value is -3.96. The topological polar surface area (TPSA) is 104 Å². The van der Waals surface area contributed by atoms with Crippen LogP contribution in [0.4, 0.5) is 5.69 Å². The van der Waals surface area contributed by atoms with Gasteiger partial charge in [0.2, 0.25) is 5.91 Å². The van der Waals surface area contributed by atoms with E-state index in [4.69, 9.17) is 14.2 Å². The molecule has 0 aliphatic carbocycles. The van der Waals surface area contributed by atoms with E-state index in [1.807, 2.05) is 49.4 Å². The number of benzene rings is 3. The third kappa shape index (κ3) is 9.07. The van der Waals surface area contributed by atoms with Crippen molar-refractivity contribution in [2.45, 2.75) is 39.0 Å². The molecule has 0 radical (unpaired) electrons. The standard InChI is InChI=1S/C36H46N4O6/c1-26-22-40(27(2)25-41)36(43)32-21-29(37-35(42)15-16-39-17-19-44-20-18-39)11-14-33(32)46-34(26)24-38(3)23-28-9-12-31(13-10-28)45-30-7-5-4-6-8-30/h4-14,21,26-27,34,41H,15-20,22-25H2,1-3H3,(H,37,42)/t26-,27-,34+/m1/s1. The highest BCUT2D eigenvalue weighted by atomic mass is 16.5. The lowest BCUT2D eigenvalue weighted by molar-refractivity contribution is -0.116. The summed E-state index contributed by atoms with van der Waals surface area (Å²) in [5, 5.41) is 13.0. The molecule has 0 bridgehead atoms. The van der Waals surface area contributed by atoms with Crippen molar-refractivity contribution in [2.24, 2.45) is 5.92 Å². The molecule has 3 atom stereocenters. The van der Waals surface area contributed by atoms with Crippen LogP contribution < -0.4 is 14.8 Å². The largest absolute Gasteiger partial charge is 0.488 e. The average molecular weight is 631 g/mol. The van der Waals surface area contributed by atoms with Gasteiger partial charge in [0.1, 0.15) is 23.4 Å². The number of rotatable bonds is 12. The van der Waals surface area contributed by atoms with Crippen LogP contribution in [0.2, 0.25) is 0 Å². The summed E-state index contributed by atoms with van der Waals surface area (Å²) in [6, 6.07) is 22.6. The first-order valence-electron chi connectivity index (χ1n) is 16.1. The van der Waals surface area contributed by atoms with Crippen molar-refractivity contribution in [2.75, 3.05) is 64.9 Å². The van der Waals surface area contributed by atoms with E-state index in [-0.39, 0.29) is 36.5 Å². The number of hydrogen-bond acceptors (Lipinski definition) is 8. The molecule has 46 heavy (non-hydrogen) atoms. The van der Waals surface area contributed by atoms with Crippen LogP contribution in [0.25, 0.3) is 0 Å². The van der Waals surface area contributed by atoms with Crippen LogP contribution in [0.15, 0.2) is 72.8 Å². The molecule has 3 aromatic carbocycles. The molecule has 10 heteroatoms. The van der Waals surface area contributed by atoms with Crippen molar-refractivity contribution in [1.29, 1.82) is 0 Å². The summed E-state index contributed by atoms with van der Waals surface area (Å²) in [6.07, 6.45) is 0.129. The number of carbonyl (C=O) groups excluding carboxylic acids is 2. The molecule has 2 aliphatic rings. The Morgan fingerprint density at radius 3 is 2.50 bits per heavy atom. The smallest absolute Gasteiger partial charge is 0.258 e. The number of fused-ring (bicyclic) bond motifs is 1. The summed E-state index contributed by atoms with van der Waals surface area (Å²) in [7, 11) is 2.05. The number of nitrogens with one attached hydrogen (secondary N) is 1. The second-order valence-corrected chi connectivity index (χ2v) is 12.3. The first-order chi connectivity index (χ1) is 22.3. The van der Waals surface area contributed by atoms with Gasteiger partial charge in [-0.15, -0.1) is 0 Å². The monoisotopic (exact) mass is 630 g/mol. The zero-order valence-electron chi connectivity index (χ0n) is 27.1. The first-order valence-corrected chi connectivity index (χ1v) is 16.1. The zero-order valence-corrected chi connectivity index (χ0v) is 27.1. The summed E-state index contributed by atoms with van der Waals surface area (Å²) in [6.45, 7) is 9.19. The van der Waals surface area contributed by atoms with Crippen LogP contribution in [-0.4, -0.2) is 103 Å². The quantitative estimate of drug-likeness (QED) is 0.302. The zero-order chi connectivity index (χ0) is 32.5. The molecule has 10 nitrogen and oxygen atoms in total. The molecule has 246 valence electrons. The molecule has 0 spiro atoms. The molecular weight excluding hydrogens is 584 g/mol. The van der Waals surface area contributed by atoms with Crippen LogP contribution in [0.3, 0.4) is 0 Å². The fourth-order valence-corrected chi connectivity index (χ4v) is 5.80. The number of anilines is 1. The minimum absolute atomic E-state index is 0.00485. The van der Waals surface area contributed by atoms with Crippen molar-refractivity contribution in [3.63, 3.8) is 0 Å². The fourth-order valence-electron chi connectivity index (χ4n) is 5.80. The lowest BCUT2D eigenvalue weighted by Gasteiger charge is -2.38. The molecular formula is C36H46N4O6. The normalized spacial score (nSPS) is 19.5. The molecule has 1 fully saturated rings. The van der Waals surface area contributed by atoms with Gasteiger partial charge in [-0.1, -0.05) is 37.3 Å². The highest BCUT2D eigenvalue weighted by molar-refractivity contribution is 6.00. The molecule has 1 saturated heterocycles. The van der Waals surface area contributed by atoms with Crippen molar-refractivity contribution >= 4 is 17.5 Å². The van der Waals surface area contributed by atoms with Gasteiger partial charge in [-0.2, -0.15) is 0 Å². The van der Waals surface area contributed by atoms with E-state index in [0.29, 0.717) is 62.8 Å². The first kappa shape index (κ1) is 33.4. The fraction of sp³-hybridized carbons (Fsp3) is 0.444. The van der Waals surface area contributed by atoms with Crippen LogP contribution in [0.1, 0.15) is 36.2 Å². The number of aliphatic hydroxyl groups is 1. The molecule has 2 amide bonds. The molecule has 0 saturated carbocycles. The third-order valence-electron chi connectivity index (χ3n) is 8.55. The molecule has 2 aliphatic heterocycles. The lowest BCUT2D eigenvalue weighted by Crippen LogP contribution is -2.49. The van der Waals surface area contributed by atoms with Gasteiger partial charge in [0.05, 0.1) is 31.4 Å². The number of amides is 2. The van der Waals surface area contributed by atoms with Gasteiger partial charge in [0.15, 0.2) is 0 Å². The number of aliphatic hydroxyl groups excluding tert-OH is 1.